The number of rotatable bonds is 9. The first-order chi connectivity index (χ1) is 7.93. The van der Waals surface area contributed by atoms with E-state index < -0.39 is 0 Å². The number of ether oxygens (including phenoxy) is 1. The van der Waals surface area contributed by atoms with Crippen LogP contribution in [0.15, 0.2) is 24.4 Å². The molecule has 0 amide bonds. The molecular weight excluding hydrogens is 200 g/mol. The van der Waals surface area contributed by atoms with Gasteiger partial charge in [-0.3, -0.25) is 4.98 Å². The Kier molecular flexibility index (Phi) is 7.64. The molecule has 3 nitrogen and oxygen atoms in total. The predicted octanol–water partition coefficient (Wildman–Crippen LogP) is 2.03. The van der Waals surface area contributed by atoms with Crippen molar-refractivity contribution in [3.8, 4) is 0 Å². The zero-order chi connectivity index (χ0) is 11.5. The smallest absolute Gasteiger partial charge is 0.0521 e. The molecule has 16 heavy (non-hydrogen) atoms. The standard InChI is InChI=1S/C13H22N2O/c1-14-9-4-2-6-11-16-12-8-13-7-3-5-10-15-13/h3,5,7,10,14H,2,4,6,8-9,11-12H2,1H3. The van der Waals surface area contributed by atoms with Crippen LogP contribution >= 0.6 is 0 Å². The molecule has 0 saturated carbocycles. The summed E-state index contributed by atoms with van der Waals surface area (Å²) in [6, 6.07) is 5.99. The summed E-state index contributed by atoms with van der Waals surface area (Å²) in [6.45, 7) is 2.76. The Morgan fingerprint density at radius 2 is 2.12 bits per heavy atom. The third-order valence-corrected chi connectivity index (χ3v) is 2.44. The Morgan fingerprint density at radius 1 is 1.19 bits per heavy atom. The lowest BCUT2D eigenvalue weighted by atomic mass is 10.2. The predicted molar refractivity (Wildman–Crippen MR) is 66.5 cm³/mol. The summed E-state index contributed by atoms with van der Waals surface area (Å²) in [5.74, 6) is 0. The second-order valence-electron chi connectivity index (χ2n) is 3.85. The van der Waals surface area contributed by atoms with Crippen molar-refractivity contribution < 1.29 is 4.74 Å². The van der Waals surface area contributed by atoms with Gasteiger partial charge in [-0.2, -0.15) is 0 Å². The van der Waals surface area contributed by atoms with Gasteiger partial charge in [0.15, 0.2) is 0 Å². The molecule has 0 aromatic carbocycles. The van der Waals surface area contributed by atoms with E-state index in [0.29, 0.717) is 0 Å². The number of aromatic nitrogens is 1. The van der Waals surface area contributed by atoms with E-state index in [2.05, 4.69) is 10.3 Å². The van der Waals surface area contributed by atoms with Crippen LogP contribution in [0.3, 0.4) is 0 Å². The summed E-state index contributed by atoms with van der Waals surface area (Å²) in [7, 11) is 1.99. The second kappa shape index (κ2) is 9.31. The van der Waals surface area contributed by atoms with Crippen molar-refractivity contribution in [2.24, 2.45) is 0 Å². The first-order valence-corrected chi connectivity index (χ1v) is 6.05. The monoisotopic (exact) mass is 222 g/mol. The summed E-state index contributed by atoms with van der Waals surface area (Å²) in [6.07, 6.45) is 6.37. The molecule has 0 spiro atoms. The summed E-state index contributed by atoms with van der Waals surface area (Å²) < 4.78 is 5.56. The van der Waals surface area contributed by atoms with Crippen LogP contribution in [0.5, 0.6) is 0 Å². The van der Waals surface area contributed by atoms with Gasteiger partial charge in [-0.05, 0) is 45.0 Å². The van der Waals surface area contributed by atoms with Crippen LogP contribution < -0.4 is 5.32 Å². The van der Waals surface area contributed by atoms with Crippen LogP contribution in [-0.2, 0) is 11.2 Å². The van der Waals surface area contributed by atoms with Crippen LogP contribution in [0.1, 0.15) is 25.0 Å². The lowest BCUT2D eigenvalue weighted by Gasteiger charge is -2.04. The molecule has 1 aromatic heterocycles. The molecule has 0 aliphatic carbocycles. The van der Waals surface area contributed by atoms with Crippen molar-refractivity contribution in [1.29, 1.82) is 0 Å². The minimum Gasteiger partial charge on any atom is -0.381 e. The van der Waals surface area contributed by atoms with E-state index in [0.717, 1.165) is 38.3 Å². The summed E-state index contributed by atoms with van der Waals surface area (Å²) in [5, 5.41) is 3.14. The Balaban J connectivity index is 1.89. The van der Waals surface area contributed by atoms with E-state index >= 15 is 0 Å². The maximum Gasteiger partial charge on any atom is 0.0521 e. The normalized spacial score (nSPS) is 10.6. The number of hydrogen-bond acceptors (Lipinski definition) is 3. The van der Waals surface area contributed by atoms with Crippen molar-refractivity contribution in [1.82, 2.24) is 10.3 Å². The van der Waals surface area contributed by atoms with Gasteiger partial charge in [-0.15, -0.1) is 0 Å². The average molecular weight is 222 g/mol. The second-order valence-corrected chi connectivity index (χ2v) is 3.85. The van der Waals surface area contributed by atoms with E-state index in [4.69, 9.17) is 4.74 Å². The fourth-order valence-corrected chi connectivity index (χ4v) is 1.51. The molecule has 0 bridgehead atoms. The summed E-state index contributed by atoms with van der Waals surface area (Å²) in [5.41, 5.74) is 1.11. The highest BCUT2D eigenvalue weighted by atomic mass is 16.5. The van der Waals surface area contributed by atoms with Crippen molar-refractivity contribution in [2.75, 3.05) is 26.8 Å². The number of pyridine rings is 1. The van der Waals surface area contributed by atoms with Gasteiger partial charge in [0.25, 0.3) is 0 Å². The molecule has 0 aliphatic rings. The highest BCUT2D eigenvalue weighted by Crippen LogP contribution is 1.97. The fourth-order valence-electron chi connectivity index (χ4n) is 1.51. The van der Waals surface area contributed by atoms with Crippen molar-refractivity contribution in [3.05, 3.63) is 30.1 Å². The van der Waals surface area contributed by atoms with Crippen LogP contribution in [0.4, 0.5) is 0 Å². The Labute approximate surface area is 98.2 Å². The highest BCUT2D eigenvalue weighted by Gasteiger charge is 1.93. The number of nitrogens with one attached hydrogen (secondary N) is 1. The van der Waals surface area contributed by atoms with Crippen LogP contribution in [0.25, 0.3) is 0 Å². The molecular formula is C13H22N2O. The maximum atomic E-state index is 5.56. The van der Waals surface area contributed by atoms with Gasteiger partial charge in [0.2, 0.25) is 0 Å². The minimum absolute atomic E-state index is 0.781. The lowest BCUT2D eigenvalue weighted by molar-refractivity contribution is 0.132. The molecule has 1 N–H and O–H groups in total. The van der Waals surface area contributed by atoms with Gasteiger partial charge in [-0.1, -0.05) is 6.07 Å². The summed E-state index contributed by atoms with van der Waals surface area (Å²) >= 11 is 0. The quantitative estimate of drug-likeness (QED) is 0.649. The van der Waals surface area contributed by atoms with E-state index in [-0.39, 0.29) is 0 Å². The first kappa shape index (κ1) is 13.1. The average Bonchev–Trinajstić information content (AvgIpc) is 2.34. The molecule has 0 fully saturated rings. The number of nitrogens with zero attached hydrogens (tertiary/aromatic N) is 1. The Bertz CT molecular complexity index is 251. The molecule has 0 atom stereocenters. The highest BCUT2D eigenvalue weighted by molar-refractivity contribution is 5.03. The van der Waals surface area contributed by atoms with Gasteiger partial charge in [0.05, 0.1) is 6.61 Å². The molecule has 3 heteroatoms. The molecule has 1 heterocycles. The molecule has 0 radical (unpaired) electrons. The third-order valence-electron chi connectivity index (χ3n) is 2.44. The number of unbranched alkanes of at least 4 members (excludes halogenated alkanes) is 2. The third kappa shape index (κ3) is 6.53. The Hall–Kier alpha value is -0.930. The zero-order valence-electron chi connectivity index (χ0n) is 10.1. The van der Waals surface area contributed by atoms with Crippen LogP contribution in [0.2, 0.25) is 0 Å². The van der Waals surface area contributed by atoms with Gasteiger partial charge in [-0.25, -0.2) is 0 Å². The van der Waals surface area contributed by atoms with Gasteiger partial charge >= 0.3 is 0 Å². The van der Waals surface area contributed by atoms with Crippen molar-refractivity contribution in [2.45, 2.75) is 25.7 Å². The van der Waals surface area contributed by atoms with E-state index in [1.807, 2.05) is 31.4 Å². The van der Waals surface area contributed by atoms with Crippen LogP contribution in [-0.4, -0.2) is 31.8 Å². The van der Waals surface area contributed by atoms with Crippen molar-refractivity contribution >= 4 is 0 Å². The van der Waals surface area contributed by atoms with Crippen molar-refractivity contribution in [3.63, 3.8) is 0 Å². The summed E-state index contributed by atoms with van der Waals surface area (Å²) in [4.78, 5) is 4.25. The first-order valence-electron chi connectivity index (χ1n) is 6.05. The zero-order valence-corrected chi connectivity index (χ0v) is 10.1. The SMILES string of the molecule is CNCCCCCOCCc1ccccn1. The van der Waals surface area contributed by atoms with E-state index in [1.165, 1.54) is 12.8 Å². The molecule has 0 aliphatic heterocycles. The largest absolute Gasteiger partial charge is 0.381 e. The molecule has 0 unspecified atom stereocenters. The molecule has 1 rings (SSSR count). The minimum atomic E-state index is 0.781. The van der Waals surface area contributed by atoms with E-state index in [9.17, 15) is 0 Å². The Morgan fingerprint density at radius 3 is 2.88 bits per heavy atom. The van der Waals surface area contributed by atoms with Gasteiger partial charge in [0, 0.05) is 24.9 Å². The molecule has 90 valence electrons. The lowest BCUT2D eigenvalue weighted by Crippen LogP contribution is -2.08. The number of hydrogen-bond donors (Lipinski definition) is 1. The van der Waals surface area contributed by atoms with Gasteiger partial charge in [0.1, 0.15) is 0 Å². The maximum absolute atomic E-state index is 5.56. The molecule has 0 saturated heterocycles. The van der Waals surface area contributed by atoms with E-state index in [1.54, 1.807) is 0 Å². The fraction of sp³-hybridized carbons (Fsp3) is 0.615. The molecule has 1 aromatic rings. The van der Waals surface area contributed by atoms with Crippen LogP contribution in [0, 0.1) is 0 Å². The van der Waals surface area contributed by atoms with Gasteiger partial charge < -0.3 is 10.1 Å². The topological polar surface area (TPSA) is 34.1 Å².